The summed E-state index contributed by atoms with van der Waals surface area (Å²) in [7, 11) is 3.69. The van der Waals surface area contributed by atoms with E-state index in [1.165, 1.54) is 5.56 Å². The Morgan fingerprint density at radius 2 is 2.00 bits per heavy atom. The Kier molecular flexibility index (Phi) is 4.39. The van der Waals surface area contributed by atoms with Gasteiger partial charge >= 0.3 is 0 Å². The number of aromatic nitrogens is 2. The highest BCUT2D eigenvalue weighted by Gasteiger charge is 2.17. The lowest BCUT2D eigenvalue weighted by Gasteiger charge is -2.21. The molecule has 22 heavy (non-hydrogen) atoms. The van der Waals surface area contributed by atoms with Crippen molar-refractivity contribution < 1.29 is 4.74 Å². The lowest BCUT2D eigenvalue weighted by Crippen LogP contribution is -2.17. The van der Waals surface area contributed by atoms with Gasteiger partial charge in [-0.2, -0.15) is 0 Å². The van der Waals surface area contributed by atoms with Gasteiger partial charge in [-0.15, -0.1) is 0 Å². The van der Waals surface area contributed by atoms with Crippen LogP contribution in [0.25, 0.3) is 11.0 Å². The van der Waals surface area contributed by atoms with E-state index in [0.29, 0.717) is 0 Å². The molecule has 0 spiro atoms. The zero-order valence-corrected chi connectivity index (χ0v) is 13.0. The molecule has 0 amide bonds. The average Bonchev–Trinajstić information content (AvgIpc) is 3.00. The summed E-state index contributed by atoms with van der Waals surface area (Å²) < 4.78 is 7.81. The van der Waals surface area contributed by atoms with Gasteiger partial charge in [0.2, 0.25) is 0 Å². The number of hydrogen-bond acceptors (Lipinski definition) is 3. The molecule has 0 aliphatic rings. The van der Waals surface area contributed by atoms with Crippen LogP contribution in [0.1, 0.15) is 18.0 Å². The molecule has 1 N–H and O–H groups in total. The van der Waals surface area contributed by atoms with Crippen molar-refractivity contribution in [3.8, 4) is 5.75 Å². The number of benzene rings is 1. The number of rotatable bonds is 6. The Hall–Kier alpha value is -2.33. The lowest BCUT2D eigenvalue weighted by atomic mass is 10.0. The second-order valence-electron chi connectivity index (χ2n) is 5.29. The van der Waals surface area contributed by atoms with E-state index in [2.05, 4.69) is 51.4 Å². The highest BCUT2D eigenvalue weighted by atomic mass is 16.5. The topological polar surface area (TPSA) is 39.1 Å². The van der Waals surface area contributed by atoms with E-state index in [4.69, 9.17) is 4.74 Å². The summed E-state index contributed by atoms with van der Waals surface area (Å²) in [6.45, 7) is 0.946. The molecule has 0 aliphatic carbocycles. The summed E-state index contributed by atoms with van der Waals surface area (Å²) in [6.07, 6.45) is 4.90. The largest absolute Gasteiger partial charge is 0.494 e. The van der Waals surface area contributed by atoms with Crippen LogP contribution >= 0.6 is 0 Å². The molecule has 4 heteroatoms. The van der Waals surface area contributed by atoms with Gasteiger partial charge in [0.1, 0.15) is 11.3 Å². The van der Waals surface area contributed by atoms with Crippen molar-refractivity contribution in [2.45, 2.75) is 12.5 Å². The van der Waals surface area contributed by atoms with Crippen LogP contribution in [0.15, 0.2) is 54.9 Å². The van der Waals surface area contributed by atoms with Crippen LogP contribution in [0.5, 0.6) is 5.75 Å². The molecule has 4 nitrogen and oxygen atoms in total. The maximum Gasteiger partial charge on any atom is 0.146 e. The highest BCUT2D eigenvalue weighted by molar-refractivity contribution is 5.82. The molecule has 2 heterocycles. The van der Waals surface area contributed by atoms with Gasteiger partial charge in [0.15, 0.2) is 0 Å². The molecule has 1 atom stereocenters. The summed E-state index contributed by atoms with van der Waals surface area (Å²) >= 11 is 0. The number of pyridine rings is 1. The van der Waals surface area contributed by atoms with Gasteiger partial charge in [-0.05, 0) is 31.6 Å². The summed E-state index contributed by atoms with van der Waals surface area (Å²) in [5, 5.41) is 3.25. The molecule has 1 aromatic carbocycles. The molecule has 3 aromatic rings. The smallest absolute Gasteiger partial charge is 0.146 e. The van der Waals surface area contributed by atoms with Gasteiger partial charge in [-0.3, -0.25) is 4.98 Å². The Bertz CT molecular complexity index is 736. The molecular weight excluding hydrogens is 274 g/mol. The molecular formula is C18H21N3O. The second-order valence-corrected chi connectivity index (χ2v) is 5.29. The van der Waals surface area contributed by atoms with Crippen LogP contribution in [0.3, 0.4) is 0 Å². The first-order valence-corrected chi connectivity index (χ1v) is 7.54. The number of nitrogens with zero attached hydrogens (tertiary/aromatic N) is 2. The third kappa shape index (κ3) is 2.70. The zero-order chi connectivity index (χ0) is 15.4. The standard InChI is InChI=1S/C18H21N3O/c1-19-11-8-16(14-6-4-3-5-7-14)21-13-10-15-18(21)17(22-2)9-12-20-15/h3-7,9-10,12-13,16,19H,8,11H2,1-2H3/t16-/m0/s1. The molecule has 0 radical (unpaired) electrons. The molecule has 114 valence electrons. The summed E-state index contributed by atoms with van der Waals surface area (Å²) in [5.74, 6) is 0.861. The highest BCUT2D eigenvalue weighted by Crippen LogP contribution is 2.31. The normalized spacial score (nSPS) is 12.5. The van der Waals surface area contributed by atoms with Crippen molar-refractivity contribution >= 4 is 11.0 Å². The minimum Gasteiger partial charge on any atom is -0.494 e. The summed E-state index contributed by atoms with van der Waals surface area (Å²) in [6, 6.07) is 14.8. The van der Waals surface area contributed by atoms with E-state index < -0.39 is 0 Å². The molecule has 0 bridgehead atoms. The number of methoxy groups -OCH3 is 1. The Labute approximate surface area is 130 Å². The van der Waals surface area contributed by atoms with E-state index >= 15 is 0 Å². The fraction of sp³-hybridized carbons (Fsp3) is 0.278. The minimum atomic E-state index is 0.254. The Balaban J connectivity index is 2.12. The van der Waals surface area contributed by atoms with Gasteiger partial charge in [-0.1, -0.05) is 30.3 Å². The van der Waals surface area contributed by atoms with E-state index in [0.717, 1.165) is 29.7 Å². The van der Waals surface area contributed by atoms with Crippen molar-refractivity contribution in [1.82, 2.24) is 14.9 Å². The van der Waals surface area contributed by atoms with E-state index in [-0.39, 0.29) is 6.04 Å². The van der Waals surface area contributed by atoms with Gasteiger partial charge in [0.05, 0.1) is 18.7 Å². The second kappa shape index (κ2) is 6.62. The van der Waals surface area contributed by atoms with E-state index in [1.807, 2.05) is 19.2 Å². The molecule has 2 aromatic heterocycles. The first-order chi connectivity index (χ1) is 10.8. The van der Waals surface area contributed by atoms with Crippen molar-refractivity contribution in [1.29, 1.82) is 0 Å². The van der Waals surface area contributed by atoms with Crippen LogP contribution < -0.4 is 10.1 Å². The first-order valence-electron chi connectivity index (χ1n) is 7.54. The van der Waals surface area contributed by atoms with Gasteiger partial charge in [-0.25, -0.2) is 0 Å². The van der Waals surface area contributed by atoms with Crippen LogP contribution in [0.4, 0.5) is 0 Å². The quantitative estimate of drug-likeness (QED) is 0.759. The minimum absolute atomic E-state index is 0.254. The third-order valence-electron chi connectivity index (χ3n) is 3.97. The fourth-order valence-corrected chi connectivity index (χ4v) is 2.91. The molecule has 0 unspecified atom stereocenters. The Morgan fingerprint density at radius 3 is 2.73 bits per heavy atom. The van der Waals surface area contributed by atoms with Crippen LogP contribution in [-0.4, -0.2) is 30.3 Å². The van der Waals surface area contributed by atoms with Crippen molar-refractivity contribution in [2.75, 3.05) is 20.7 Å². The van der Waals surface area contributed by atoms with E-state index in [9.17, 15) is 0 Å². The monoisotopic (exact) mass is 295 g/mol. The van der Waals surface area contributed by atoms with Gasteiger partial charge in [0.25, 0.3) is 0 Å². The number of nitrogens with one attached hydrogen (secondary N) is 1. The molecule has 0 fully saturated rings. The molecule has 3 rings (SSSR count). The molecule has 0 saturated heterocycles. The van der Waals surface area contributed by atoms with Crippen molar-refractivity contribution in [2.24, 2.45) is 0 Å². The number of hydrogen-bond donors (Lipinski definition) is 1. The fourth-order valence-electron chi connectivity index (χ4n) is 2.91. The van der Waals surface area contributed by atoms with Gasteiger partial charge in [0, 0.05) is 18.5 Å². The average molecular weight is 295 g/mol. The lowest BCUT2D eigenvalue weighted by molar-refractivity contribution is 0.415. The first kappa shape index (κ1) is 14.6. The van der Waals surface area contributed by atoms with Crippen LogP contribution in [-0.2, 0) is 0 Å². The number of fused-ring (bicyclic) bond motifs is 1. The van der Waals surface area contributed by atoms with Crippen molar-refractivity contribution in [3.63, 3.8) is 0 Å². The molecule has 0 aliphatic heterocycles. The third-order valence-corrected chi connectivity index (χ3v) is 3.97. The number of ether oxygens (including phenoxy) is 1. The molecule has 0 saturated carbocycles. The zero-order valence-electron chi connectivity index (χ0n) is 13.0. The summed E-state index contributed by atoms with van der Waals surface area (Å²) in [5.41, 5.74) is 3.31. The maximum absolute atomic E-state index is 5.54. The van der Waals surface area contributed by atoms with Crippen molar-refractivity contribution in [3.05, 3.63) is 60.4 Å². The predicted octanol–water partition coefficient (Wildman–Crippen LogP) is 3.24. The maximum atomic E-state index is 5.54. The Morgan fingerprint density at radius 1 is 1.18 bits per heavy atom. The van der Waals surface area contributed by atoms with Crippen LogP contribution in [0.2, 0.25) is 0 Å². The van der Waals surface area contributed by atoms with E-state index in [1.54, 1.807) is 13.3 Å². The SMILES string of the molecule is CNCC[C@@H](c1ccccc1)n1ccc2nccc(OC)c21. The predicted molar refractivity (Wildman–Crippen MR) is 89.4 cm³/mol. The van der Waals surface area contributed by atoms with Crippen LogP contribution in [0, 0.1) is 0 Å². The summed E-state index contributed by atoms with van der Waals surface area (Å²) in [4.78, 5) is 4.45. The van der Waals surface area contributed by atoms with Gasteiger partial charge < -0.3 is 14.6 Å².